The van der Waals surface area contributed by atoms with E-state index in [2.05, 4.69) is 39.8 Å². The van der Waals surface area contributed by atoms with Crippen molar-refractivity contribution in [2.75, 3.05) is 26.2 Å². The number of amides is 1. The Morgan fingerprint density at radius 3 is 2.36 bits per heavy atom. The maximum Gasteiger partial charge on any atom is 0.224 e. The van der Waals surface area contributed by atoms with Crippen LogP contribution in [0.5, 0.6) is 0 Å². The summed E-state index contributed by atoms with van der Waals surface area (Å²) in [7, 11) is 0. The van der Waals surface area contributed by atoms with Crippen molar-refractivity contribution in [3.63, 3.8) is 0 Å². The average Bonchev–Trinajstić information content (AvgIpc) is 3.11. The molecule has 0 spiro atoms. The van der Waals surface area contributed by atoms with Crippen LogP contribution >= 0.6 is 24.8 Å². The lowest BCUT2D eigenvalue weighted by Crippen LogP contribution is -2.35. The lowest BCUT2D eigenvalue weighted by atomic mass is 10.1. The van der Waals surface area contributed by atoms with Crippen molar-refractivity contribution in [2.24, 2.45) is 5.92 Å². The molecule has 1 aromatic carbocycles. The van der Waals surface area contributed by atoms with Gasteiger partial charge in [0.1, 0.15) is 0 Å². The van der Waals surface area contributed by atoms with Gasteiger partial charge in [-0.25, -0.2) is 0 Å². The van der Waals surface area contributed by atoms with Crippen molar-refractivity contribution in [3.8, 4) is 0 Å². The highest BCUT2D eigenvalue weighted by molar-refractivity contribution is 5.85. The smallest absolute Gasteiger partial charge is 0.224 e. The van der Waals surface area contributed by atoms with E-state index in [1.54, 1.807) is 0 Å². The summed E-state index contributed by atoms with van der Waals surface area (Å²) in [5, 5.41) is 15.8. The van der Waals surface area contributed by atoms with Crippen LogP contribution < -0.4 is 10.6 Å². The zero-order valence-electron chi connectivity index (χ0n) is 14.4. The van der Waals surface area contributed by atoms with Gasteiger partial charge in [-0.3, -0.25) is 9.69 Å². The van der Waals surface area contributed by atoms with Crippen LogP contribution in [0.15, 0.2) is 24.3 Å². The molecular weight excluding hydrogens is 361 g/mol. The fraction of sp³-hybridized carbons (Fsp3) is 0.611. The average molecular weight is 390 g/mol. The number of benzene rings is 1. The number of nitrogens with one attached hydrogen (secondary N) is 2. The number of aliphatic hydroxyl groups excluding tert-OH is 1. The maximum atomic E-state index is 12.0. The summed E-state index contributed by atoms with van der Waals surface area (Å²) >= 11 is 0. The van der Waals surface area contributed by atoms with Crippen LogP contribution in [0, 0.1) is 5.92 Å². The van der Waals surface area contributed by atoms with Crippen molar-refractivity contribution >= 4 is 30.7 Å². The second-order valence-electron chi connectivity index (χ2n) is 6.73. The Kier molecular flexibility index (Phi) is 9.75. The quantitative estimate of drug-likeness (QED) is 0.717. The number of halogens is 2. The number of likely N-dealkylation sites (tertiary alicyclic amines) is 1. The molecule has 2 saturated heterocycles. The Bertz CT molecular complexity index is 514. The van der Waals surface area contributed by atoms with E-state index in [1.807, 2.05) is 0 Å². The number of carbonyl (C=O) groups excluding carboxylic acids is 1. The van der Waals surface area contributed by atoms with Crippen molar-refractivity contribution in [2.45, 2.75) is 38.5 Å². The lowest BCUT2D eigenvalue weighted by molar-refractivity contribution is -0.124. The molecule has 5 nitrogen and oxygen atoms in total. The zero-order valence-corrected chi connectivity index (χ0v) is 16.1. The fourth-order valence-corrected chi connectivity index (χ4v) is 3.31. The molecule has 2 aliphatic rings. The maximum absolute atomic E-state index is 12.0. The molecule has 0 aromatic heterocycles. The Balaban J connectivity index is 0.00000156. The van der Waals surface area contributed by atoms with E-state index < -0.39 is 0 Å². The van der Waals surface area contributed by atoms with E-state index in [0.29, 0.717) is 6.54 Å². The van der Waals surface area contributed by atoms with Gasteiger partial charge in [-0.2, -0.15) is 0 Å². The third-order valence-electron chi connectivity index (χ3n) is 4.88. The molecule has 1 atom stereocenters. The van der Waals surface area contributed by atoms with Crippen LogP contribution in [-0.4, -0.2) is 48.2 Å². The molecule has 2 fully saturated rings. The van der Waals surface area contributed by atoms with E-state index in [4.69, 9.17) is 0 Å². The Morgan fingerprint density at radius 2 is 1.76 bits per heavy atom. The minimum atomic E-state index is -0.118. The summed E-state index contributed by atoms with van der Waals surface area (Å²) in [6, 6.07) is 8.48. The highest BCUT2D eigenvalue weighted by Crippen LogP contribution is 2.14. The SMILES string of the molecule is Cl.Cl.O=C(NCc1ccc(CN2CCC(O)CC2)cc1)C1CCNC1. The summed E-state index contributed by atoms with van der Waals surface area (Å²) in [6.45, 7) is 5.22. The molecule has 25 heavy (non-hydrogen) atoms. The number of rotatable bonds is 5. The molecule has 0 bridgehead atoms. The van der Waals surface area contributed by atoms with Crippen LogP contribution in [0.4, 0.5) is 0 Å². The van der Waals surface area contributed by atoms with Crippen molar-refractivity contribution < 1.29 is 9.90 Å². The van der Waals surface area contributed by atoms with Gasteiger partial charge in [0.15, 0.2) is 0 Å². The van der Waals surface area contributed by atoms with Crippen molar-refractivity contribution in [3.05, 3.63) is 35.4 Å². The third-order valence-corrected chi connectivity index (χ3v) is 4.88. The van der Waals surface area contributed by atoms with Gasteiger partial charge in [0.25, 0.3) is 0 Å². The Morgan fingerprint density at radius 1 is 1.12 bits per heavy atom. The summed E-state index contributed by atoms with van der Waals surface area (Å²) < 4.78 is 0. The molecule has 3 rings (SSSR count). The van der Waals surface area contributed by atoms with Gasteiger partial charge in [0.2, 0.25) is 5.91 Å². The van der Waals surface area contributed by atoms with E-state index in [9.17, 15) is 9.90 Å². The van der Waals surface area contributed by atoms with Crippen LogP contribution in [0.2, 0.25) is 0 Å². The van der Waals surface area contributed by atoms with E-state index in [1.165, 1.54) is 5.56 Å². The third kappa shape index (κ3) is 6.76. The van der Waals surface area contributed by atoms with Crippen LogP contribution in [0.3, 0.4) is 0 Å². The summed E-state index contributed by atoms with van der Waals surface area (Å²) in [6.07, 6.45) is 2.57. The second-order valence-corrected chi connectivity index (χ2v) is 6.73. The number of hydrogen-bond donors (Lipinski definition) is 3. The molecule has 1 aromatic rings. The first-order valence-electron chi connectivity index (χ1n) is 8.67. The van der Waals surface area contributed by atoms with Crippen LogP contribution in [0.25, 0.3) is 0 Å². The van der Waals surface area contributed by atoms with Gasteiger partial charge in [-0.15, -0.1) is 24.8 Å². The molecule has 3 N–H and O–H groups in total. The second kappa shape index (κ2) is 11.0. The number of hydrogen-bond acceptors (Lipinski definition) is 4. The topological polar surface area (TPSA) is 64.6 Å². The summed E-state index contributed by atoms with van der Waals surface area (Å²) in [4.78, 5) is 14.4. The Labute approximate surface area is 162 Å². The molecule has 0 aliphatic carbocycles. The van der Waals surface area contributed by atoms with Gasteiger partial charge >= 0.3 is 0 Å². The fourth-order valence-electron chi connectivity index (χ4n) is 3.31. The molecule has 2 aliphatic heterocycles. The largest absolute Gasteiger partial charge is 0.393 e. The molecule has 0 radical (unpaired) electrons. The minimum absolute atomic E-state index is 0. The predicted molar refractivity (Wildman–Crippen MR) is 104 cm³/mol. The zero-order chi connectivity index (χ0) is 16.1. The molecule has 0 saturated carbocycles. The van der Waals surface area contributed by atoms with Crippen LogP contribution in [0.1, 0.15) is 30.4 Å². The van der Waals surface area contributed by atoms with Gasteiger partial charge in [0, 0.05) is 32.7 Å². The van der Waals surface area contributed by atoms with Gasteiger partial charge < -0.3 is 15.7 Å². The predicted octanol–water partition coefficient (Wildman–Crippen LogP) is 1.71. The highest BCUT2D eigenvalue weighted by Gasteiger charge is 2.21. The van der Waals surface area contributed by atoms with Crippen molar-refractivity contribution in [1.29, 1.82) is 0 Å². The minimum Gasteiger partial charge on any atom is -0.393 e. The van der Waals surface area contributed by atoms with Gasteiger partial charge in [-0.05, 0) is 36.9 Å². The normalized spacial score (nSPS) is 21.2. The van der Waals surface area contributed by atoms with Gasteiger partial charge in [-0.1, -0.05) is 24.3 Å². The Hall–Kier alpha value is -0.850. The molecular formula is C18H29Cl2N3O2. The number of nitrogens with zero attached hydrogens (tertiary/aromatic N) is 1. The number of carbonyl (C=O) groups is 1. The first kappa shape index (κ1) is 22.2. The molecule has 7 heteroatoms. The first-order chi connectivity index (χ1) is 11.2. The van der Waals surface area contributed by atoms with Crippen LogP contribution in [-0.2, 0) is 17.9 Å². The molecule has 1 amide bonds. The molecule has 142 valence electrons. The monoisotopic (exact) mass is 389 g/mol. The van der Waals surface area contributed by atoms with Gasteiger partial charge in [0.05, 0.1) is 12.0 Å². The summed E-state index contributed by atoms with van der Waals surface area (Å²) in [5.74, 6) is 0.287. The van der Waals surface area contributed by atoms with E-state index >= 15 is 0 Å². The molecule has 2 heterocycles. The van der Waals surface area contributed by atoms with E-state index in [-0.39, 0.29) is 42.7 Å². The summed E-state index contributed by atoms with van der Waals surface area (Å²) in [5.41, 5.74) is 2.43. The van der Waals surface area contributed by atoms with Crippen molar-refractivity contribution in [1.82, 2.24) is 15.5 Å². The lowest BCUT2D eigenvalue weighted by Gasteiger charge is -2.29. The number of piperidine rings is 1. The van der Waals surface area contributed by atoms with E-state index in [0.717, 1.165) is 57.5 Å². The highest BCUT2D eigenvalue weighted by atomic mass is 35.5. The number of aliphatic hydroxyl groups is 1. The standard InChI is InChI=1S/C18H27N3O2.2ClH/c22-17-6-9-21(10-7-17)13-15-3-1-14(2-4-15)11-20-18(23)16-5-8-19-12-16;;/h1-4,16-17,19,22H,5-13H2,(H,20,23);2*1H. The molecule has 1 unspecified atom stereocenters. The first-order valence-corrected chi connectivity index (χ1v) is 8.67.